The van der Waals surface area contributed by atoms with E-state index in [0.29, 0.717) is 5.02 Å². The highest BCUT2D eigenvalue weighted by atomic mass is 35.5. The average Bonchev–Trinajstić information content (AvgIpc) is 3.17. The van der Waals surface area contributed by atoms with Crippen LogP contribution in [0.2, 0.25) is 5.02 Å². The van der Waals surface area contributed by atoms with Gasteiger partial charge in [0.15, 0.2) is 0 Å². The van der Waals surface area contributed by atoms with Gasteiger partial charge in [-0.05, 0) is 42.0 Å². The van der Waals surface area contributed by atoms with Crippen molar-refractivity contribution in [3.8, 4) is 11.3 Å². The first-order chi connectivity index (χ1) is 15.1. The van der Waals surface area contributed by atoms with Crippen molar-refractivity contribution >= 4 is 46.4 Å². The van der Waals surface area contributed by atoms with E-state index in [2.05, 4.69) is 5.32 Å². The SMILES string of the molecule is CC(=O)Nc1ccc(C=Nn2c(-c3ccccc3)csc2=Nc2ccc(Cl)cc2)cc1. The number of thiazole rings is 1. The van der Waals surface area contributed by atoms with Crippen LogP contribution in [0.25, 0.3) is 11.3 Å². The van der Waals surface area contributed by atoms with Crippen molar-refractivity contribution in [3.05, 3.63) is 99.6 Å². The molecular formula is C24H19ClN4OS. The van der Waals surface area contributed by atoms with Crippen LogP contribution in [0.4, 0.5) is 11.4 Å². The topological polar surface area (TPSA) is 58.8 Å². The van der Waals surface area contributed by atoms with Gasteiger partial charge in [0.05, 0.1) is 17.6 Å². The van der Waals surface area contributed by atoms with Crippen LogP contribution < -0.4 is 10.1 Å². The molecule has 0 bridgehead atoms. The zero-order chi connectivity index (χ0) is 21.6. The molecular weight excluding hydrogens is 428 g/mol. The fourth-order valence-corrected chi connectivity index (χ4v) is 3.88. The van der Waals surface area contributed by atoms with Crippen molar-refractivity contribution in [2.24, 2.45) is 10.1 Å². The molecule has 7 heteroatoms. The summed E-state index contributed by atoms with van der Waals surface area (Å²) in [6, 6.07) is 24.9. The van der Waals surface area contributed by atoms with E-state index in [1.54, 1.807) is 6.21 Å². The second kappa shape index (κ2) is 9.55. The Bertz CT molecular complexity index is 1270. The minimum absolute atomic E-state index is 0.101. The highest BCUT2D eigenvalue weighted by Crippen LogP contribution is 2.21. The molecule has 0 unspecified atom stereocenters. The van der Waals surface area contributed by atoms with Gasteiger partial charge in [0, 0.05) is 28.6 Å². The van der Waals surface area contributed by atoms with Gasteiger partial charge < -0.3 is 5.32 Å². The summed E-state index contributed by atoms with van der Waals surface area (Å²) in [5.74, 6) is -0.101. The molecule has 0 saturated heterocycles. The molecule has 31 heavy (non-hydrogen) atoms. The lowest BCUT2D eigenvalue weighted by atomic mass is 10.2. The lowest BCUT2D eigenvalue weighted by Gasteiger charge is -2.04. The third kappa shape index (κ3) is 5.36. The number of nitrogens with zero attached hydrogens (tertiary/aromatic N) is 3. The molecule has 1 aromatic heterocycles. The number of anilines is 1. The largest absolute Gasteiger partial charge is 0.326 e. The smallest absolute Gasteiger partial charge is 0.221 e. The minimum Gasteiger partial charge on any atom is -0.326 e. The number of carbonyl (C=O) groups is 1. The highest BCUT2D eigenvalue weighted by molar-refractivity contribution is 7.07. The molecule has 0 aliphatic carbocycles. The molecule has 0 atom stereocenters. The Morgan fingerprint density at radius 2 is 1.71 bits per heavy atom. The van der Waals surface area contributed by atoms with E-state index in [0.717, 1.165) is 33.0 Å². The maximum absolute atomic E-state index is 11.2. The molecule has 1 heterocycles. The molecule has 3 aromatic carbocycles. The molecule has 0 aliphatic rings. The van der Waals surface area contributed by atoms with Gasteiger partial charge in [0.1, 0.15) is 0 Å². The molecule has 0 aliphatic heterocycles. The summed E-state index contributed by atoms with van der Waals surface area (Å²) in [7, 11) is 0. The van der Waals surface area contributed by atoms with Gasteiger partial charge in [-0.2, -0.15) is 5.10 Å². The van der Waals surface area contributed by atoms with E-state index in [9.17, 15) is 4.79 Å². The normalized spacial score (nSPS) is 11.7. The van der Waals surface area contributed by atoms with Crippen molar-refractivity contribution in [2.75, 3.05) is 5.32 Å². The predicted molar refractivity (Wildman–Crippen MR) is 128 cm³/mol. The third-order valence-electron chi connectivity index (χ3n) is 4.36. The standard InChI is InChI=1S/C24H19ClN4OS/c1-17(30)27-21-11-7-18(8-12-21)15-26-29-23(19-5-3-2-4-6-19)16-31-24(29)28-22-13-9-20(25)10-14-22/h2-16H,1H3,(H,27,30). The Morgan fingerprint density at radius 3 is 2.39 bits per heavy atom. The maximum atomic E-state index is 11.2. The van der Waals surface area contributed by atoms with E-state index >= 15 is 0 Å². The Balaban J connectivity index is 1.73. The molecule has 5 nitrogen and oxygen atoms in total. The van der Waals surface area contributed by atoms with E-state index in [1.165, 1.54) is 18.3 Å². The summed E-state index contributed by atoms with van der Waals surface area (Å²) in [5, 5.41) is 10.2. The number of hydrogen-bond donors (Lipinski definition) is 1. The zero-order valence-electron chi connectivity index (χ0n) is 16.7. The Labute approximate surface area is 189 Å². The van der Waals surface area contributed by atoms with Gasteiger partial charge in [-0.3, -0.25) is 4.79 Å². The van der Waals surface area contributed by atoms with Gasteiger partial charge in [-0.1, -0.05) is 54.1 Å². The molecule has 4 rings (SSSR count). The van der Waals surface area contributed by atoms with Crippen LogP contribution in [-0.2, 0) is 4.79 Å². The summed E-state index contributed by atoms with van der Waals surface area (Å²) >= 11 is 7.51. The fourth-order valence-electron chi connectivity index (χ4n) is 2.90. The summed E-state index contributed by atoms with van der Waals surface area (Å²) in [6.07, 6.45) is 1.78. The number of carbonyl (C=O) groups excluding carboxylic acids is 1. The van der Waals surface area contributed by atoms with E-state index in [4.69, 9.17) is 21.7 Å². The first-order valence-corrected chi connectivity index (χ1v) is 10.8. The van der Waals surface area contributed by atoms with Gasteiger partial charge in [-0.15, -0.1) is 11.3 Å². The summed E-state index contributed by atoms with van der Waals surface area (Å²) in [4.78, 5) is 16.7. The van der Waals surface area contributed by atoms with Crippen molar-refractivity contribution in [1.29, 1.82) is 0 Å². The summed E-state index contributed by atoms with van der Waals surface area (Å²) in [5.41, 5.74) is 4.45. The molecule has 154 valence electrons. The van der Waals surface area contributed by atoms with Crippen LogP contribution in [-0.4, -0.2) is 16.8 Å². The number of nitrogens with one attached hydrogen (secondary N) is 1. The molecule has 0 saturated carbocycles. The Morgan fingerprint density at radius 1 is 1.00 bits per heavy atom. The fraction of sp³-hybridized carbons (Fsp3) is 0.0417. The van der Waals surface area contributed by atoms with Crippen LogP contribution in [0, 0.1) is 0 Å². The van der Waals surface area contributed by atoms with Crippen molar-refractivity contribution in [2.45, 2.75) is 6.92 Å². The number of aromatic nitrogens is 1. The second-order valence-corrected chi connectivity index (χ2v) is 7.99. The highest BCUT2D eigenvalue weighted by Gasteiger charge is 2.07. The summed E-state index contributed by atoms with van der Waals surface area (Å²) < 4.78 is 1.83. The summed E-state index contributed by atoms with van der Waals surface area (Å²) in [6.45, 7) is 1.49. The van der Waals surface area contributed by atoms with Crippen LogP contribution in [0.5, 0.6) is 0 Å². The number of amides is 1. The number of benzene rings is 3. The van der Waals surface area contributed by atoms with Gasteiger partial charge in [0.25, 0.3) is 0 Å². The van der Waals surface area contributed by atoms with E-state index in [1.807, 2.05) is 88.9 Å². The zero-order valence-corrected chi connectivity index (χ0v) is 18.3. The van der Waals surface area contributed by atoms with Gasteiger partial charge in [0.2, 0.25) is 10.7 Å². The predicted octanol–water partition coefficient (Wildman–Crippen LogP) is 5.94. The van der Waals surface area contributed by atoms with Gasteiger partial charge in [-0.25, -0.2) is 9.67 Å². The van der Waals surface area contributed by atoms with E-state index < -0.39 is 0 Å². The minimum atomic E-state index is -0.101. The first kappa shape index (κ1) is 20.8. The number of rotatable bonds is 5. The molecule has 1 N–H and O–H groups in total. The van der Waals surface area contributed by atoms with Crippen LogP contribution >= 0.6 is 22.9 Å². The number of hydrogen-bond acceptors (Lipinski definition) is 4. The molecule has 0 radical (unpaired) electrons. The Kier molecular flexibility index (Phi) is 6.40. The lowest BCUT2D eigenvalue weighted by Crippen LogP contribution is -2.11. The van der Waals surface area contributed by atoms with Gasteiger partial charge >= 0.3 is 0 Å². The quantitative estimate of drug-likeness (QED) is 0.379. The van der Waals surface area contributed by atoms with Crippen LogP contribution in [0.15, 0.2) is 94.3 Å². The molecule has 0 spiro atoms. The number of halogens is 1. The van der Waals surface area contributed by atoms with E-state index in [-0.39, 0.29) is 5.91 Å². The second-order valence-electron chi connectivity index (χ2n) is 6.72. The van der Waals surface area contributed by atoms with Crippen LogP contribution in [0.3, 0.4) is 0 Å². The molecule has 0 fully saturated rings. The first-order valence-electron chi connectivity index (χ1n) is 9.57. The average molecular weight is 447 g/mol. The van der Waals surface area contributed by atoms with Crippen molar-refractivity contribution in [3.63, 3.8) is 0 Å². The monoisotopic (exact) mass is 446 g/mol. The third-order valence-corrected chi connectivity index (χ3v) is 5.43. The molecule has 4 aromatic rings. The molecule has 1 amide bonds. The van der Waals surface area contributed by atoms with Crippen molar-refractivity contribution < 1.29 is 4.79 Å². The van der Waals surface area contributed by atoms with Crippen molar-refractivity contribution in [1.82, 2.24) is 4.68 Å². The van der Waals surface area contributed by atoms with Crippen LogP contribution in [0.1, 0.15) is 12.5 Å². The maximum Gasteiger partial charge on any atom is 0.221 e. The Hall–Kier alpha value is -3.48. The lowest BCUT2D eigenvalue weighted by molar-refractivity contribution is -0.114.